The number of aryl methyl sites for hydroxylation is 1. The van der Waals surface area contributed by atoms with E-state index in [0.29, 0.717) is 17.4 Å². The molecule has 0 aliphatic carbocycles. The molecule has 0 saturated heterocycles. The van der Waals surface area contributed by atoms with Crippen molar-refractivity contribution in [1.82, 2.24) is 9.97 Å². The molecule has 0 fully saturated rings. The Morgan fingerprint density at radius 2 is 2.29 bits per heavy atom. The average Bonchev–Trinajstić information content (AvgIpc) is 2.85. The van der Waals surface area contributed by atoms with Gasteiger partial charge in [0.05, 0.1) is 0 Å². The number of rotatable bonds is 1. The van der Waals surface area contributed by atoms with E-state index in [2.05, 4.69) is 15.0 Å². The molecule has 0 unspecified atom stereocenters. The molecule has 1 N–H and O–H groups in total. The number of allylic oxidation sites excluding steroid dienone is 1. The SMILES string of the molecule is Cc1nc(C=C2C=Nc3ncccc32)c(O)o1. The molecule has 0 amide bonds. The molecule has 1 aliphatic heterocycles. The number of hydrogen-bond acceptors (Lipinski definition) is 5. The number of fused-ring (bicyclic) bond motifs is 1. The molecule has 84 valence electrons. The molecule has 0 spiro atoms. The van der Waals surface area contributed by atoms with E-state index in [4.69, 9.17) is 4.42 Å². The number of hydrogen-bond donors (Lipinski definition) is 1. The molecule has 3 heterocycles. The van der Waals surface area contributed by atoms with E-state index in [9.17, 15) is 5.11 Å². The average molecular weight is 227 g/mol. The summed E-state index contributed by atoms with van der Waals surface area (Å²) in [6.45, 7) is 1.68. The minimum Gasteiger partial charge on any atom is -0.479 e. The third-order valence-corrected chi connectivity index (χ3v) is 2.46. The second kappa shape index (κ2) is 3.55. The van der Waals surface area contributed by atoms with E-state index >= 15 is 0 Å². The third-order valence-electron chi connectivity index (χ3n) is 2.46. The molecule has 2 aromatic rings. The first-order chi connectivity index (χ1) is 8.24. The lowest BCUT2D eigenvalue weighted by molar-refractivity contribution is 0.322. The standard InChI is InChI=1S/C12H9N3O2/c1-7-15-10(12(16)17-7)5-8-6-14-11-9(8)3-2-4-13-11/h2-6,16H,1H3. The zero-order chi connectivity index (χ0) is 11.8. The molecular formula is C12H9N3O2. The summed E-state index contributed by atoms with van der Waals surface area (Å²) < 4.78 is 4.95. The molecule has 2 aromatic heterocycles. The highest BCUT2D eigenvalue weighted by Crippen LogP contribution is 2.31. The fourth-order valence-corrected chi connectivity index (χ4v) is 1.71. The number of aromatic nitrogens is 2. The zero-order valence-corrected chi connectivity index (χ0v) is 9.08. The van der Waals surface area contributed by atoms with Gasteiger partial charge in [-0.05, 0) is 18.2 Å². The summed E-state index contributed by atoms with van der Waals surface area (Å²) in [6.07, 6.45) is 5.11. The molecule has 0 saturated carbocycles. The van der Waals surface area contributed by atoms with E-state index in [-0.39, 0.29) is 5.95 Å². The summed E-state index contributed by atoms with van der Waals surface area (Å²) in [4.78, 5) is 12.4. The lowest BCUT2D eigenvalue weighted by Crippen LogP contribution is -1.82. The van der Waals surface area contributed by atoms with Gasteiger partial charge in [0.25, 0.3) is 0 Å². The second-order valence-electron chi connectivity index (χ2n) is 3.66. The van der Waals surface area contributed by atoms with Crippen LogP contribution in [0, 0.1) is 6.92 Å². The Balaban J connectivity index is 2.08. The molecule has 3 rings (SSSR count). The van der Waals surface area contributed by atoms with Crippen molar-refractivity contribution in [2.24, 2.45) is 4.99 Å². The maximum atomic E-state index is 9.51. The van der Waals surface area contributed by atoms with E-state index < -0.39 is 0 Å². The monoisotopic (exact) mass is 227 g/mol. The fraction of sp³-hybridized carbons (Fsp3) is 0.0833. The highest BCUT2D eigenvalue weighted by molar-refractivity contribution is 6.20. The van der Waals surface area contributed by atoms with Gasteiger partial charge in [-0.1, -0.05) is 0 Å². The predicted molar refractivity (Wildman–Crippen MR) is 63.2 cm³/mol. The van der Waals surface area contributed by atoms with Crippen LogP contribution in [0.1, 0.15) is 17.1 Å². The predicted octanol–water partition coefficient (Wildman–Crippen LogP) is 2.34. The van der Waals surface area contributed by atoms with Gasteiger partial charge in [0.2, 0.25) is 0 Å². The van der Waals surface area contributed by atoms with Gasteiger partial charge in [-0.2, -0.15) is 0 Å². The smallest absolute Gasteiger partial charge is 0.310 e. The molecule has 5 nitrogen and oxygen atoms in total. The molecule has 17 heavy (non-hydrogen) atoms. The summed E-state index contributed by atoms with van der Waals surface area (Å²) in [7, 11) is 0. The van der Waals surface area contributed by atoms with Crippen molar-refractivity contribution < 1.29 is 9.52 Å². The van der Waals surface area contributed by atoms with Crippen LogP contribution in [-0.2, 0) is 0 Å². The Morgan fingerprint density at radius 3 is 3.06 bits per heavy atom. The number of aliphatic imine (C=N–C) groups is 1. The van der Waals surface area contributed by atoms with E-state index in [1.54, 1.807) is 25.4 Å². The first-order valence-electron chi connectivity index (χ1n) is 5.11. The van der Waals surface area contributed by atoms with Crippen LogP contribution in [0.3, 0.4) is 0 Å². The van der Waals surface area contributed by atoms with Crippen LogP contribution in [0.4, 0.5) is 5.82 Å². The Bertz CT molecular complexity index is 641. The van der Waals surface area contributed by atoms with Crippen molar-refractivity contribution in [2.75, 3.05) is 0 Å². The molecule has 0 aromatic carbocycles. The molecule has 5 heteroatoms. The fourth-order valence-electron chi connectivity index (χ4n) is 1.71. The van der Waals surface area contributed by atoms with Gasteiger partial charge in [-0.25, -0.2) is 15.0 Å². The van der Waals surface area contributed by atoms with Gasteiger partial charge >= 0.3 is 5.95 Å². The lowest BCUT2D eigenvalue weighted by Gasteiger charge is -1.96. The van der Waals surface area contributed by atoms with Crippen molar-refractivity contribution in [3.63, 3.8) is 0 Å². The summed E-state index contributed by atoms with van der Waals surface area (Å²) >= 11 is 0. The number of pyridine rings is 1. The second-order valence-corrected chi connectivity index (χ2v) is 3.66. The van der Waals surface area contributed by atoms with Gasteiger partial charge in [-0.3, -0.25) is 0 Å². The summed E-state index contributed by atoms with van der Waals surface area (Å²) in [5.74, 6) is 0.926. The largest absolute Gasteiger partial charge is 0.479 e. The van der Waals surface area contributed by atoms with Crippen LogP contribution < -0.4 is 0 Å². The maximum absolute atomic E-state index is 9.51. The minimum atomic E-state index is -0.180. The zero-order valence-electron chi connectivity index (χ0n) is 9.08. The van der Waals surface area contributed by atoms with Gasteiger partial charge in [0.1, 0.15) is 5.69 Å². The van der Waals surface area contributed by atoms with Crippen molar-refractivity contribution >= 4 is 23.7 Å². The highest BCUT2D eigenvalue weighted by atomic mass is 16.5. The van der Waals surface area contributed by atoms with Crippen molar-refractivity contribution in [2.45, 2.75) is 6.92 Å². The Labute approximate surface area is 97.2 Å². The van der Waals surface area contributed by atoms with Gasteiger partial charge in [-0.15, -0.1) is 0 Å². The third kappa shape index (κ3) is 1.61. The van der Waals surface area contributed by atoms with E-state index in [1.165, 1.54) is 0 Å². The Morgan fingerprint density at radius 1 is 1.41 bits per heavy atom. The van der Waals surface area contributed by atoms with Crippen LogP contribution in [0.15, 0.2) is 27.7 Å². The van der Waals surface area contributed by atoms with Crippen LogP contribution >= 0.6 is 0 Å². The Hall–Kier alpha value is -2.43. The quantitative estimate of drug-likeness (QED) is 0.811. The number of nitrogens with zero attached hydrogens (tertiary/aromatic N) is 3. The summed E-state index contributed by atoms with van der Waals surface area (Å²) in [6, 6.07) is 3.76. The van der Waals surface area contributed by atoms with Crippen molar-refractivity contribution in [1.29, 1.82) is 0 Å². The molecule has 0 radical (unpaired) electrons. The van der Waals surface area contributed by atoms with Crippen molar-refractivity contribution in [3.05, 3.63) is 35.5 Å². The number of oxazole rings is 1. The lowest BCUT2D eigenvalue weighted by atomic mass is 10.1. The first kappa shape index (κ1) is 9.77. The molecule has 0 atom stereocenters. The minimum absolute atomic E-state index is 0.180. The molecule has 0 bridgehead atoms. The van der Waals surface area contributed by atoms with Gasteiger partial charge in [0.15, 0.2) is 11.7 Å². The van der Waals surface area contributed by atoms with E-state index in [0.717, 1.165) is 11.1 Å². The maximum Gasteiger partial charge on any atom is 0.310 e. The van der Waals surface area contributed by atoms with Crippen molar-refractivity contribution in [3.8, 4) is 5.95 Å². The first-order valence-corrected chi connectivity index (χ1v) is 5.11. The normalized spacial score (nSPS) is 15.5. The van der Waals surface area contributed by atoms with Crippen LogP contribution in [0.25, 0.3) is 11.6 Å². The van der Waals surface area contributed by atoms with Gasteiger partial charge in [0, 0.05) is 30.5 Å². The summed E-state index contributed by atoms with van der Waals surface area (Å²) in [5.41, 5.74) is 2.19. The van der Waals surface area contributed by atoms with Crippen LogP contribution in [0.5, 0.6) is 5.95 Å². The Kier molecular flexibility index (Phi) is 2.04. The van der Waals surface area contributed by atoms with E-state index in [1.807, 2.05) is 12.1 Å². The highest BCUT2D eigenvalue weighted by Gasteiger charge is 2.15. The van der Waals surface area contributed by atoms with Gasteiger partial charge < -0.3 is 9.52 Å². The molecule has 1 aliphatic rings. The topological polar surface area (TPSA) is 71.5 Å². The number of aromatic hydroxyl groups is 1. The summed E-state index contributed by atoms with van der Waals surface area (Å²) in [5, 5.41) is 9.51. The van der Waals surface area contributed by atoms with Crippen LogP contribution in [-0.4, -0.2) is 21.3 Å². The van der Waals surface area contributed by atoms with Crippen LogP contribution in [0.2, 0.25) is 0 Å². The molecular weight excluding hydrogens is 218 g/mol.